The molecule has 1 aromatic carbocycles. The molecule has 0 spiro atoms. The average molecular weight is 310 g/mol. The highest BCUT2D eigenvalue weighted by molar-refractivity contribution is 6.31. The van der Waals surface area contributed by atoms with E-state index >= 15 is 0 Å². The minimum atomic E-state index is -0.317. The highest BCUT2D eigenvalue weighted by Gasteiger charge is 2.32. The van der Waals surface area contributed by atoms with Gasteiger partial charge in [-0.2, -0.15) is 0 Å². The number of halogens is 1. The van der Waals surface area contributed by atoms with Gasteiger partial charge in [-0.1, -0.05) is 25.4 Å². The van der Waals surface area contributed by atoms with E-state index in [1.54, 1.807) is 6.07 Å². The number of benzene rings is 1. The maximum absolute atomic E-state index is 12.2. The number of hydrogen-bond acceptors (Lipinski definition) is 3. The first-order chi connectivity index (χ1) is 9.86. The molecule has 1 heterocycles. The molecular weight excluding hydrogens is 286 g/mol. The number of anilines is 1. The largest absolute Gasteiger partial charge is 0.324 e. The fourth-order valence-electron chi connectivity index (χ4n) is 2.84. The van der Waals surface area contributed by atoms with Crippen LogP contribution in [0.4, 0.5) is 5.69 Å². The number of rotatable bonds is 6. The molecule has 0 aromatic heterocycles. The average Bonchev–Trinajstić information content (AvgIpc) is 2.64. The summed E-state index contributed by atoms with van der Waals surface area (Å²) in [5, 5.41) is 7.07. The van der Waals surface area contributed by atoms with Crippen molar-refractivity contribution in [2.24, 2.45) is 5.92 Å². The summed E-state index contributed by atoms with van der Waals surface area (Å²) in [5.74, 6) is 0.575. The van der Waals surface area contributed by atoms with Crippen LogP contribution in [-0.2, 0) is 4.79 Å². The predicted molar refractivity (Wildman–Crippen MR) is 87.8 cm³/mol. The molecule has 0 aliphatic carbocycles. The summed E-state index contributed by atoms with van der Waals surface area (Å²) >= 11 is 6.07. The summed E-state index contributed by atoms with van der Waals surface area (Å²) in [6.45, 7) is 5.30. The Kier molecular flexibility index (Phi) is 5.25. The van der Waals surface area contributed by atoms with Gasteiger partial charge < -0.3 is 10.2 Å². The van der Waals surface area contributed by atoms with Crippen LogP contribution in [0.2, 0.25) is 5.02 Å². The molecule has 0 saturated carbocycles. The molecule has 4 nitrogen and oxygen atoms in total. The van der Waals surface area contributed by atoms with Gasteiger partial charge in [-0.05, 0) is 44.6 Å². The molecule has 2 unspecified atom stereocenters. The number of amides is 1. The van der Waals surface area contributed by atoms with E-state index in [1.165, 1.54) is 0 Å². The van der Waals surface area contributed by atoms with E-state index in [9.17, 15) is 4.79 Å². The van der Waals surface area contributed by atoms with E-state index in [0.29, 0.717) is 10.9 Å². The minimum absolute atomic E-state index is 0.000205. The van der Waals surface area contributed by atoms with Crippen molar-refractivity contribution in [1.29, 1.82) is 0 Å². The molecule has 2 N–H and O–H groups in total. The topological polar surface area (TPSA) is 44.4 Å². The lowest BCUT2D eigenvalue weighted by Crippen LogP contribution is -2.43. The van der Waals surface area contributed by atoms with Crippen molar-refractivity contribution in [3.05, 3.63) is 28.8 Å². The van der Waals surface area contributed by atoms with Gasteiger partial charge in [0.15, 0.2) is 0 Å². The Balaban J connectivity index is 2.16. The Hall–Kier alpha value is -1.10. The van der Waals surface area contributed by atoms with Gasteiger partial charge in [-0.15, -0.1) is 0 Å². The van der Waals surface area contributed by atoms with E-state index < -0.39 is 0 Å². The second-order valence-electron chi connectivity index (χ2n) is 6.41. The van der Waals surface area contributed by atoms with Crippen molar-refractivity contribution in [3.63, 3.8) is 0 Å². The number of nitrogens with one attached hydrogen (secondary N) is 2. The summed E-state index contributed by atoms with van der Waals surface area (Å²) in [6.07, 6.45) is 1.03. The number of carbonyl (C=O) groups excluding carboxylic acids is 1. The van der Waals surface area contributed by atoms with Crippen molar-refractivity contribution in [2.75, 3.05) is 26.0 Å². The standard InChI is InChI=1S/C16H24ClN3O/c1-10(2)7-12(9-20(3)4)18-15-13-8-11(17)5-6-14(13)19-16(15)21/h5-6,8,10,12,15,18H,7,9H2,1-4H3,(H,19,21). The predicted octanol–water partition coefficient (Wildman–Crippen LogP) is 2.90. The lowest BCUT2D eigenvalue weighted by Gasteiger charge is -2.26. The van der Waals surface area contributed by atoms with Gasteiger partial charge in [-0.25, -0.2) is 0 Å². The molecule has 21 heavy (non-hydrogen) atoms. The van der Waals surface area contributed by atoms with Crippen molar-refractivity contribution in [2.45, 2.75) is 32.4 Å². The first-order valence-corrected chi connectivity index (χ1v) is 7.75. The smallest absolute Gasteiger partial charge is 0.246 e. The van der Waals surface area contributed by atoms with Crippen molar-refractivity contribution < 1.29 is 4.79 Å². The molecule has 2 atom stereocenters. The van der Waals surface area contributed by atoms with Gasteiger partial charge in [0.1, 0.15) is 6.04 Å². The lowest BCUT2D eigenvalue weighted by atomic mass is 10.0. The molecule has 5 heteroatoms. The molecule has 2 rings (SSSR count). The summed E-state index contributed by atoms with van der Waals surface area (Å²) in [6, 6.07) is 5.48. The Bertz CT molecular complexity index is 506. The maximum atomic E-state index is 12.2. The van der Waals surface area contributed by atoms with Gasteiger partial charge in [0.2, 0.25) is 5.91 Å². The summed E-state index contributed by atoms with van der Waals surface area (Å²) < 4.78 is 0. The number of likely N-dealkylation sites (N-methyl/N-ethyl adjacent to an activating group) is 1. The molecule has 0 fully saturated rings. The third-order valence-corrected chi connectivity index (χ3v) is 3.82. The molecule has 0 saturated heterocycles. The monoisotopic (exact) mass is 309 g/mol. The molecule has 1 amide bonds. The Morgan fingerprint density at radius 3 is 2.71 bits per heavy atom. The Morgan fingerprint density at radius 2 is 2.10 bits per heavy atom. The SMILES string of the molecule is CC(C)CC(CN(C)C)NC1C(=O)Nc2ccc(Cl)cc21. The lowest BCUT2D eigenvalue weighted by molar-refractivity contribution is -0.117. The van der Waals surface area contributed by atoms with Crippen molar-refractivity contribution in [3.8, 4) is 0 Å². The molecule has 116 valence electrons. The second-order valence-corrected chi connectivity index (χ2v) is 6.85. The highest BCUT2D eigenvalue weighted by Crippen LogP contribution is 2.33. The van der Waals surface area contributed by atoms with Crippen LogP contribution < -0.4 is 10.6 Å². The molecule has 1 aromatic rings. The van der Waals surface area contributed by atoms with Crippen molar-refractivity contribution >= 4 is 23.2 Å². The zero-order valence-corrected chi connectivity index (χ0v) is 13.9. The highest BCUT2D eigenvalue weighted by atomic mass is 35.5. The van der Waals surface area contributed by atoms with Crippen LogP contribution in [0.5, 0.6) is 0 Å². The van der Waals surface area contributed by atoms with E-state index in [-0.39, 0.29) is 18.0 Å². The second kappa shape index (κ2) is 6.77. The molecule has 1 aliphatic rings. The number of fused-ring (bicyclic) bond motifs is 1. The Morgan fingerprint density at radius 1 is 1.38 bits per heavy atom. The summed E-state index contributed by atoms with van der Waals surface area (Å²) in [7, 11) is 4.10. The van der Waals surface area contributed by atoms with Crippen LogP contribution in [0.1, 0.15) is 31.9 Å². The van der Waals surface area contributed by atoms with Crippen LogP contribution in [0, 0.1) is 5.92 Å². The first-order valence-electron chi connectivity index (χ1n) is 7.38. The number of nitrogens with zero attached hydrogens (tertiary/aromatic N) is 1. The molecular formula is C16H24ClN3O. The zero-order chi connectivity index (χ0) is 15.6. The third kappa shape index (κ3) is 4.19. The van der Waals surface area contributed by atoms with Crippen LogP contribution in [0.3, 0.4) is 0 Å². The van der Waals surface area contributed by atoms with Gasteiger partial charge in [0.05, 0.1) is 0 Å². The van der Waals surface area contributed by atoms with E-state index in [4.69, 9.17) is 11.6 Å². The normalized spacial score (nSPS) is 19.0. The fraction of sp³-hybridized carbons (Fsp3) is 0.562. The van der Waals surface area contributed by atoms with Gasteiger partial charge in [-0.3, -0.25) is 10.1 Å². The third-order valence-electron chi connectivity index (χ3n) is 3.59. The van der Waals surface area contributed by atoms with Crippen LogP contribution in [0.25, 0.3) is 0 Å². The summed E-state index contributed by atoms with van der Waals surface area (Å²) in [5.41, 5.74) is 1.80. The number of hydrogen-bond donors (Lipinski definition) is 2. The van der Waals surface area contributed by atoms with Crippen LogP contribution >= 0.6 is 11.6 Å². The Labute approximate surface area is 131 Å². The van der Waals surface area contributed by atoms with Gasteiger partial charge in [0, 0.05) is 28.9 Å². The van der Waals surface area contributed by atoms with Crippen LogP contribution in [-0.4, -0.2) is 37.5 Å². The number of carbonyl (C=O) groups is 1. The quantitative estimate of drug-likeness (QED) is 0.849. The van der Waals surface area contributed by atoms with E-state index in [1.807, 2.05) is 12.1 Å². The molecule has 0 bridgehead atoms. The van der Waals surface area contributed by atoms with Crippen LogP contribution in [0.15, 0.2) is 18.2 Å². The van der Waals surface area contributed by atoms with E-state index in [0.717, 1.165) is 24.2 Å². The minimum Gasteiger partial charge on any atom is -0.324 e. The van der Waals surface area contributed by atoms with Gasteiger partial charge in [0.25, 0.3) is 0 Å². The molecule has 1 aliphatic heterocycles. The first kappa shape index (κ1) is 16.3. The maximum Gasteiger partial charge on any atom is 0.246 e. The fourth-order valence-corrected chi connectivity index (χ4v) is 3.02. The zero-order valence-electron chi connectivity index (χ0n) is 13.1. The van der Waals surface area contributed by atoms with Gasteiger partial charge >= 0.3 is 0 Å². The van der Waals surface area contributed by atoms with Crippen molar-refractivity contribution in [1.82, 2.24) is 10.2 Å². The van der Waals surface area contributed by atoms with E-state index in [2.05, 4.69) is 43.5 Å². The summed E-state index contributed by atoms with van der Waals surface area (Å²) in [4.78, 5) is 14.4. The molecule has 0 radical (unpaired) electrons.